The van der Waals surface area contributed by atoms with E-state index in [0.29, 0.717) is 17.2 Å². The number of aliphatic carboxylic acids is 1. The number of nitrogens with zero attached hydrogens (tertiary/aromatic N) is 1. The Morgan fingerprint density at radius 1 is 1.43 bits per heavy atom. The van der Waals surface area contributed by atoms with Crippen molar-refractivity contribution in [2.24, 2.45) is 0 Å². The standard InChI is InChI=1S/C14H16FNO3S2/c15-11-3-1-2-4-12(11)21-9-13(17)16-5-6-20-8-10(16)7-14(18)19/h1-4,10H,5-9H2,(H,18,19). The molecule has 1 atom stereocenters. The Morgan fingerprint density at radius 3 is 2.90 bits per heavy atom. The van der Waals surface area contributed by atoms with Gasteiger partial charge < -0.3 is 10.0 Å². The predicted molar refractivity (Wildman–Crippen MR) is 82.2 cm³/mol. The minimum Gasteiger partial charge on any atom is -0.481 e. The highest BCUT2D eigenvalue weighted by molar-refractivity contribution is 8.00. The number of carboxylic acid groups (broad SMARTS) is 1. The third-order valence-electron chi connectivity index (χ3n) is 3.15. The number of hydrogen-bond acceptors (Lipinski definition) is 4. The van der Waals surface area contributed by atoms with E-state index in [-0.39, 0.29) is 29.9 Å². The summed E-state index contributed by atoms with van der Waals surface area (Å²) in [5, 5.41) is 8.91. The van der Waals surface area contributed by atoms with Crippen LogP contribution in [0.3, 0.4) is 0 Å². The van der Waals surface area contributed by atoms with Crippen molar-refractivity contribution in [1.29, 1.82) is 0 Å². The van der Waals surface area contributed by atoms with Crippen LogP contribution in [0.2, 0.25) is 0 Å². The molecule has 21 heavy (non-hydrogen) atoms. The van der Waals surface area contributed by atoms with E-state index in [9.17, 15) is 14.0 Å². The van der Waals surface area contributed by atoms with Gasteiger partial charge >= 0.3 is 5.97 Å². The number of amides is 1. The van der Waals surface area contributed by atoms with Crippen LogP contribution >= 0.6 is 23.5 Å². The molecule has 1 saturated heterocycles. The summed E-state index contributed by atoms with van der Waals surface area (Å²) in [4.78, 5) is 25.2. The van der Waals surface area contributed by atoms with Gasteiger partial charge in [0.15, 0.2) is 0 Å². The Bertz CT molecular complexity index is 527. The fourth-order valence-corrected chi connectivity index (χ4v) is 4.03. The highest BCUT2D eigenvalue weighted by Crippen LogP contribution is 2.24. The average molecular weight is 329 g/mol. The summed E-state index contributed by atoms with van der Waals surface area (Å²) < 4.78 is 13.5. The maximum Gasteiger partial charge on any atom is 0.305 e. The summed E-state index contributed by atoms with van der Waals surface area (Å²) >= 11 is 2.81. The molecule has 0 aromatic heterocycles. The second-order valence-corrected chi connectivity index (χ2v) is 6.80. The number of thioether (sulfide) groups is 2. The predicted octanol–water partition coefficient (Wildman–Crippen LogP) is 2.34. The van der Waals surface area contributed by atoms with Gasteiger partial charge in [-0.15, -0.1) is 11.8 Å². The molecule has 0 saturated carbocycles. The molecule has 1 aromatic carbocycles. The van der Waals surface area contributed by atoms with Gasteiger partial charge in [-0.05, 0) is 12.1 Å². The summed E-state index contributed by atoms with van der Waals surface area (Å²) in [7, 11) is 0. The highest BCUT2D eigenvalue weighted by Gasteiger charge is 2.28. The van der Waals surface area contributed by atoms with Crippen molar-refractivity contribution in [2.45, 2.75) is 17.4 Å². The van der Waals surface area contributed by atoms with Crippen molar-refractivity contribution >= 4 is 35.4 Å². The van der Waals surface area contributed by atoms with E-state index in [2.05, 4.69) is 0 Å². The number of halogens is 1. The minimum atomic E-state index is -0.901. The Kier molecular flexibility index (Phi) is 5.93. The number of hydrogen-bond donors (Lipinski definition) is 1. The molecule has 1 fully saturated rings. The lowest BCUT2D eigenvalue weighted by molar-refractivity contribution is -0.139. The van der Waals surface area contributed by atoms with Crippen molar-refractivity contribution < 1.29 is 19.1 Å². The van der Waals surface area contributed by atoms with E-state index in [1.165, 1.54) is 6.07 Å². The van der Waals surface area contributed by atoms with Crippen LogP contribution in [0.5, 0.6) is 0 Å². The lowest BCUT2D eigenvalue weighted by Gasteiger charge is -2.34. The molecule has 0 radical (unpaired) electrons. The van der Waals surface area contributed by atoms with E-state index < -0.39 is 5.97 Å². The van der Waals surface area contributed by atoms with Gasteiger partial charge in [0.05, 0.1) is 18.2 Å². The van der Waals surface area contributed by atoms with Crippen LogP contribution in [0.25, 0.3) is 0 Å². The third kappa shape index (κ3) is 4.64. The molecule has 2 rings (SSSR count). The molecular formula is C14H16FNO3S2. The van der Waals surface area contributed by atoms with Gasteiger partial charge in [0.1, 0.15) is 5.82 Å². The normalized spacial score (nSPS) is 18.5. The molecule has 1 aliphatic rings. The number of benzene rings is 1. The number of carbonyl (C=O) groups excluding carboxylic acids is 1. The molecule has 114 valence electrons. The largest absolute Gasteiger partial charge is 0.481 e. The highest BCUT2D eigenvalue weighted by atomic mass is 32.2. The SMILES string of the molecule is O=C(O)CC1CSCCN1C(=O)CSc1ccccc1F. The van der Waals surface area contributed by atoms with Gasteiger partial charge in [-0.1, -0.05) is 12.1 Å². The molecule has 0 bridgehead atoms. The zero-order valence-corrected chi connectivity index (χ0v) is 13.0. The number of carboxylic acids is 1. The van der Waals surface area contributed by atoms with Crippen LogP contribution in [0, 0.1) is 5.82 Å². The first-order chi connectivity index (χ1) is 10.1. The van der Waals surface area contributed by atoms with E-state index in [1.807, 2.05) is 0 Å². The van der Waals surface area contributed by atoms with Crippen LogP contribution in [0.4, 0.5) is 4.39 Å². The number of rotatable bonds is 5. The Balaban J connectivity index is 1.94. The first-order valence-electron chi connectivity index (χ1n) is 6.54. The topological polar surface area (TPSA) is 57.6 Å². The fourth-order valence-electron chi connectivity index (χ4n) is 2.14. The van der Waals surface area contributed by atoms with Crippen molar-refractivity contribution in [1.82, 2.24) is 4.90 Å². The van der Waals surface area contributed by atoms with Crippen molar-refractivity contribution in [3.05, 3.63) is 30.1 Å². The molecule has 1 heterocycles. The molecule has 1 aromatic rings. The van der Waals surface area contributed by atoms with Crippen LogP contribution < -0.4 is 0 Å². The molecule has 0 spiro atoms. The quantitative estimate of drug-likeness (QED) is 0.840. The summed E-state index contributed by atoms with van der Waals surface area (Å²) in [6, 6.07) is 6.05. The first-order valence-corrected chi connectivity index (χ1v) is 8.68. The molecule has 1 unspecified atom stereocenters. The van der Waals surface area contributed by atoms with Gasteiger partial charge in [0.2, 0.25) is 5.91 Å². The molecule has 1 N–H and O–H groups in total. The lowest BCUT2D eigenvalue weighted by Crippen LogP contribution is -2.47. The van der Waals surface area contributed by atoms with E-state index >= 15 is 0 Å². The Morgan fingerprint density at radius 2 is 2.19 bits per heavy atom. The summed E-state index contributed by atoms with van der Waals surface area (Å²) in [5.74, 6) is 0.208. The lowest BCUT2D eigenvalue weighted by atomic mass is 10.2. The summed E-state index contributed by atoms with van der Waals surface area (Å²) in [5.41, 5.74) is 0. The van der Waals surface area contributed by atoms with Crippen molar-refractivity contribution in [3.63, 3.8) is 0 Å². The summed E-state index contributed by atoms with van der Waals surface area (Å²) in [6.45, 7) is 0.555. The van der Waals surface area contributed by atoms with Gasteiger partial charge in [-0.25, -0.2) is 4.39 Å². The second kappa shape index (κ2) is 7.70. The Labute approximate surface area is 131 Å². The van der Waals surface area contributed by atoms with E-state index in [1.54, 1.807) is 34.9 Å². The third-order valence-corrected chi connectivity index (χ3v) is 5.27. The van der Waals surface area contributed by atoms with Crippen LogP contribution in [-0.2, 0) is 9.59 Å². The van der Waals surface area contributed by atoms with Crippen molar-refractivity contribution in [2.75, 3.05) is 23.8 Å². The van der Waals surface area contributed by atoms with E-state index in [4.69, 9.17) is 5.11 Å². The molecule has 7 heteroatoms. The van der Waals surface area contributed by atoms with Crippen LogP contribution in [0.1, 0.15) is 6.42 Å². The van der Waals surface area contributed by atoms with Crippen LogP contribution in [0.15, 0.2) is 29.2 Å². The zero-order valence-electron chi connectivity index (χ0n) is 11.3. The van der Waals surface area contributed by atoms with Gasteiger partial charge in [0.25, 0.3) is 0 Å². The maximum atomic E-state index is 13.5. The van der Waals surface area contributed by atoms with Crippen molar-refractivity contribution in [3.8, 4) is 0 Å². The zero-order chi connectivity index (χ0) is 15.2. The van der Waals surface area contributed by atoms with Gasteiger partial charge in [-0.3, -0.25) is 9.59 Å². The molecule has 0 aliphatic carbocycles. The van der Waals surface area contributed by atoms with Gasteiger partial charge in [0, 0.05) is 22.9 Å². The molecular weight excluding hydrogens is 313 g/mol. The Hall–Kier alpha value is -1.21. The van der Waals surface area contributed by atoms with Gasteiger partial charge in [-0.2, -0.15) is 11.8 Å². The first kappa shape index (κ1) is 16.2. The minimum absolute atomic E-state index is 0.0386. The number of carbonyl (C=O) groups is 2. The van der Waals surface area contributed by atoms with E-state index in [0.717, 1.165) is 17.5 Å². The monoisotopic (exact) mass is 329 g/mol. The average Bonchev–Trinajstić information content (AvgIpc) is 2.46. The molecule has 1 aliphatic heterocycles. The maximum absolute atomic E-state index is 13.5. The molecule has 1 amide bonds. The second-order valence-electron chi connectivity index (χ2n) is 4.63. The smallest absolute Gasteiger partial charge is 0.305 e. The molecule has 4 nitrogen and oxygen atoms in total. The fraction of sp³-hybridized carbons (Fsp3) is 0.429. The van der Waals surface area contributed by atoms with Crippen LogP contribution in [-0.4, -0.2) is 51.7 Å². The summed E-state index contributed by atoms with van der Waals surface area (Å²) in [6.07, 6.45) is -0.0386.